The Morgan fingerprint density at radius 3 is 2.56 bits per heavy atom. The molecule has 0 spiro atoms. The number of hydrogen-bond acceptors (Lipinski definition) is 6. The van der Waals surface area contributed by atoms with Crippen LogP contribution in [0.3, 0.4) is 0 Å². The average molecular weight is 370 g/mol. The van der Waals surface area contributed by atoms with E-state index in [4.69, 9.17) is 9.15 Å². The van der Waals surface area contributed by atoms with Crippen molar-refractivity contribution in [3.05, 3.63) is 36.2 Å². The van der Waals surface area contributed by atoms with Crippen LogP contribution in [0.2, 0.25) is 0 Å². The molecule has 1 aliphatic heterocycles. The Morgan fingerprint density at radius 2 is 1.89 bits per heavy atom. The molecular weight excluding hydrogens is 344 g/mol. The number of carbonyl (C=O) groups is 1. The standard InChI is InChI=1S/C20H26N4O3/c1-26-18-6-2-15(3-7-18)20-22-17(14-27-20)12-23-8-10-24(11-9-23)13-19(25)21-16-4-5-16/h2-3,6-7,14,16H,4-5,8-13H2,1H3,(H,21,25). The first kappa shape index (κ1) is 18.0. The van der Waals surface area contributed by atoms with Gasteiger partial charge >= 0.3 is 0 Å². The lowest BCUT2D eigenvalue weighted by Gasteiger charge is -2.33. The number of amides is 1. The number of nitrogens with one attached hydrogen (secondary N) is 1. The molecule has 27 heavy (non-hydrogen) atoms. The molecule has 1 amide bonds. The fourth-order valence-electron chi connectivity index (χ4n) is 3.28. The summed E-state index contributed by atoms with van der Waals surface area (Å²) in [6.45, 7) is 4.95. The predicted molar refractivity (Wildman–Crippen MR) is 101 cm³/mol. The largest absolute Gasteiger partial charge is 0.497 e. The first-order chi connectivity index (χ1) is 13.2. The van der Waals surface area contributed by atoms with Crippen molar-refractivity contribution >= 4 is 5.91 Å². The predicted octanol–water partition coefficient (Wildman–Crippen LogP) is 1.75. The monoisotopic (exact) mass is 370 g/mol. The van der Waals surface area contributed by atoms with Gasteiger partial charge in [-0.25, -0.2) is 4.98 Å². The molecule has 1 saturated heterocycles. The van der Waals surface area contributed by atoms with Gasteiger partial charge in [0.15, 0.2) is 0 Å². The van der Waals surface area contributed by atoms with E-state index in [-0.39, 0.29) is 5.91 Å². The molecule has 0 radical (unpaired) electrons. The van der Waals surface area contributed by atoms with E-state index in [1.165, 1.54) is 0 Å². The van der Waals surface area contributed by atoms with Crippen molar-refractivity contribution in [1.82, 2.24) is 20.1 Å². The van der Waals surface area contributed by atoms with Crippen LogP contribution in [0.1, 0.15) is 18.5 Å². The van der Waals surface area contributed by atoms with Crippen LogP contribution in [0.5, 0.6) is 5.75 Å². The summed E-state index contributed by atoms with van der Waals surface area (Å²) in [5.74, 6) is 1.60. The Hall–Kier alpha value is -2.38. The summed E-state index contributed by atoms with van der Waals surface area (Å²) >= 11 is 0. The van der Waals surface area contributed by atoms with E-state index in [0.717, 1.165) is 62.6 Å². The van der Waals surface area contributed by atoms with Gasteiger partial charge in [-0.3, -0.25) is 14.6 Å². The Kier molecular flexibility index (Phi) is 5.40. The number of methoxy groups -OCH3 is 1. The highest BCUT2D eigenvalue weighted by Gasteiger charge is 2.25. The van der Waals surface area contributed by atoms with Crippen molar-refractivity contribution in [1.29, 1.82) is 0 Å². The zero-order chi connectivity index (χ0) is 18.6. The third-order valence-electron chi connectivity index (χ3n) is 5.05. The highest BCUT2D eigenvalue weighted by Crippen LogP contribution is 2.22. The minimum atomic E-state index is 0.159. The van der Waals surface area contributed by atoms with Gasteiger partial charge in [0, 0.05) is 44.3 Å². The van der Waals surface area contributed by atoms with Gasteiger partial charge in [-0.2, -0.15) is 0 Å². The van der Waals surface area contributed by atoms with Crippen molar-refractivity contribution < 1.29 is 13.9 Å². The molecule has 0 atom stereocenters. The third kappa shape index (κ3) is 4.87. The summed E-state index contributed by atoms with van der Waals surface area (Å²) in [6, 6.07) is 8.13. The quantitative estimate of drug-likeness (QED) is 0.801. The number of piperazine rings is 1. The van der Waals surface area contributed by atoms with Crippen LogP contribution >= 0.6 is 0 Å². The van der Waals surface area contributed by atoms with Crippen molar-refractivity contribution in [3.8, 4) is 17.2 Å². The molecule has 4 rings (SSSR count). The minimum absolute atomic E-state index is 0.159. The van der Waals surface area contributed by atoms with Crippen molar-refractivity contribution in [2.45, 2.75) is 25.4 Å². The molecule has 1 aliphatic carbocycles. The van der Waals surface area contributed by atoms with Crippen LogP contribution in [0.4, 0.5) is 0 Å². The smallest absolute Gasteiger partial charge is 0.234 e. The summed E-state index contributed by atoms with van der Waals surface area (Å²) in [4.78, 5) is 21.1. The fraction of sp³-hybridized carbons (Fsp3) is 0.500. The molecule has 2 aliphatic rings. The van der Waals surface area contributed by atoms with Crippen molar-refractivity contribution in [2.75, 3.05) is 39.8 Å². The van der Waals surface area contributed by atoms with E-state index < -0.39 is 0 Å². The molecule has 2 fully saturated rings. The fourth-order valence-corrected chi connectivity index (χ4v) is 3.28. The zero-order valence-corrected chi connectivity index (χ0v) is 15.7. The summed E-state index contributed by atoms with van der Waals surface area (Å²) < 4.78 is 10.8. The molecule has 1 aromatic carbocycles. The Labute approximate surface area is 159 Å². The summed E-state index contributed by atoms with van der Waals surface area (Å²) in [5.41, 5.74) is 1.87. The molecule has 144 valence electrons. The van der Waals surface area contributed by atoms with Crippen LogP contribution in [0.15, 0.2) is 34.9 Å². The van der Waals surface area contributed by atoms with Gasteiger partial charge in [-0.1, -0.05) is 0 Å². The number of hydrogen-bond donors (Lipinski definition) is 1. The molecule has 1 saturated carbocycles. The van der Waals surface area contributed by atoms with Gasteiger partial charge in [-0.15, -0.1) is 0 Å². The molecule has 1 aromatic heterocycles. The van der Waals surface area contributed by atoms with E-state index >= 15 is 0 Å². The van der Waals surface area contributed by atoms with E-state index in [9.17, 15) is 4.79 Å². The van der Waals surface area contributed by atoms with Crippen LogP contribution in [-0.2, 0) is 11.3 Å². The van der Waals surface area contributed by atoms with Crippen LogP contribution in [-0.4, -0.2) is 66.6 Å². The van der Waals surface area contributed by atoms with E-state index in [1.807, 2.05) is 24.3 Å². The van der Waals surface area contributed by atoms with Crippen LogP contribution in [0, 0.1) is 0 Å². The second-order valence-corrected chi connectivity index (χ2v) is 7.27. The van der Waals surface area contributed by atoms with Gasteiger partial charge in [0.2, 0.25) is 11.8 Å². The number of aromatic nitrogens is 1. The number of oxazole rings is 1. The first-order valence-electron chi connectivity index (χ1n) is 9.52. The summed E-state index contributed by atoms with van der Waals surface area (Å²) in [5, 5.41) is 3.05. The highest BCUT2D eigenvalue weighted by atomic mass is 16.5. The lowest BCUT2D eigenvalue weighted by atomic mass is 10.2. The average Bonchev–Trinajstić information content (AvgIpc) is 3.38. The summed E-state index contributed by atoms with van der Waals surface area (Å²) in [7, 11) is 1.65. The number of carbonyl (C=O) groups excluding carboxylic acids is 1. The molecule has 7 heteroatoms. The molecule has 0 unspecified atom stereocenters. The maximum Gasteiger partial charge on any atom is 0.234 e. The van der Waals surface area contributed by atoms with Crippen molar-refractivity contribution in [3.63, 3.8) is 0 Å². The van der Waals surface area contributed by atoms with Gasteiger partial charge in [-0.05, 0) is 37.1 Å². The first-order valence-corrected chi connectivity index (χ1v) is 9.52. The molecule has 7 nitrogen and oxygen atoms in total. The lowest BCUT2D eigenvalue weighted by Crippen LogP contribution is -2.49. The SMILES string of the molecule is COc1ccc(-c2nc(CN3CCN(CC(=O)NC4CC4)CC3)co2)cc1. The molecule has 0 bridgehead atoms. The molecular formula is C20H26N4O3. The number of ether oxygens (including phenoxy) is 1. The van der Waals surface area contributed by atoms with E-state index in [1.54, 1.807) is 13.4 Å². The highest BCUT2D eigenvalue weighted by molar-refractivity contribution is 5.78. The number of rotatable bonds is 7. The molecule has 1 N–H and O–H groups in total. The normalized spacial score (nSPS) is 18.4. The second-order valence-electron chi connectivity index (χ2n) is 7.27. The maximum absolute atomic E-state index is 11.9. The van der Waals surface area contributed by atoms with Crippen molar-refractivity contribution in [2.24, 2.45) is 0 Å². The van der Waals surface area contributed by atoms with E-state index in [0.29, 0.717) is 18.5 Å². The van der Waals surface area contributed by atoms with Crippen LogP contribution < -0.4 is 10.1 Å². The van der Waals surface area contributed by atoms with Gasteiger partial charge in [0.05, 0.1) is 19.3 Å². The lowest BCUT2D eigenvalue weighted by molar-refractivity contribution is -0.122. The summed E-state index contributed by atoms with van der Waals surface area (Å²) in [6.07, 6.45) is 4.00. The number of benzene rings is 1. The van der Waals surface area contributed by atoms with Gasteiger partial charge in [0.25, 0.3) is 0 Å². The zero-order valence-electron chi connectivity index (χ0n) is 15.7. The molecule has 2 heterocycles. The molecule has 2 aromatic rings. The second kappa shape index (κ2) is 8.10. The third-order valence-corrected chi connectivity index (χ3v) is 5.05. The minimum Gasteiger partial charge on any atom is -0.497 e. The topological polar surface area (TPSA) is 70.8 Å². The van der Waals surface area contributed by atoms with Gasteiger partial charge in [0.1, 0.15) is 12.0 Å². The van der Waals surface area contributed by atoms with E-state index in [2.05, 4.69) is 20.1 Å². The van der Waals surface area contributed by atoms with Crippen LogP contribution in [0.25, 0.3) is 11.5 Å². The Bertz CT molecular complexity index is 762. The number of nitrogens with zero attached hydrogens (tertiary/aromatic N) is 3. The maximum atomic E-state index is 11.9. The Morgan fingerprint density at radius 1 is 1.19 bits per heavy atom. The van der Waals surface area contributed by atoms with Gasteiger partial charge < -0.3 is 14.5 Å². The Balaban J connectivity index is 1.25.